The molecule has 1 aromatic heterocycles. The molecule has 0 aromatic carbocycles. The van der Waals surface area contributed by atoms with Crippen LogP contribution in [0.1, 0.15) is 36.2 Å². The Hall–Kier alpha value is -1.73. The van der Waals surface area contributed by atoms with Gasteiger partial charge in [0.2, 0.25) is 0 Å². The van der Waals surface area contributed by atoms with E-state index >= 15 is 0 Å². The Balaban J connectivity index is 1.45. The molecule has 0 unspecified atom stereocenters. The van der Waals surface area contributed by atoms with Crippen LogP contribution in [0.5, 0.6) is 0 Å². The molecule has 3 heterocycles. The third kappa shape index (κ3) is 3.83. The number of anilines is 1. The number of hydrogen-bond donors (Lipinski definition) is 1. The summed E-state index contributed by atoms with van der Waals surface area (Å²) in [6, 6.07) is 1.02. The summed E-state index contributed by atoms with van der Waals surface area (Å²) in [5, 5.41) is 3.60. The third-order valence-electron chi connectivity index (χ3n) is 5.92. The van der Waals surface area contributed by atoms with Crippen LogP contribution in [0.2, 0.25) is 0 Å². The molecule has 26 heavy (non-hydrogen) atoms. The van der Waals surface area contributed by atoms with Crippen LogP contribution in [-0.2, 0) is 4.74 Å². The van der Waals surface area contributed by atoms with Gasteiger partial charge in [-0.2, -0.15) is 0 Å². The highest BCUT2D eigenvalue weighted by molar-refractivity contribution is 5.91. The van der Waals surface area contributed by atoms with E-state index in [4.69, 9.17) is 4.74 Å². The van der Waals surface area contributed by atoms with Crippen molar-refractivity contribution >= 4 is 11.7 Å². The number of rotatable bonds is 5. The Morgan fingerprint density at radius 3 is 2.65 bits per heavy atom. The predicted molar refractivity (Wildman–Crippen MR) is 99.1 cm³/mol. The molecule has 7 nitrogen and oxygen atoms in total. The molecule has 0 radical (unpaired) electrons. The SMILES string of the molecule is CN(C)C(=O)c1cncc(N[C@@H]2CN(C3CCOCC3)C[C@H]2C2CC2)n1. The molecule has 142 valence electrons. The minimum absolute atomic E-state index is 0.116. The first-order chi connectivity index (χ1) is 12.6. The van der Waals surface area contributed by atoms with E-state index in [1.807, 2.05) is 0 Å². The van der Waals surface area contributed by atoms with Crippen LogP contribution in [0.4, 0.5) is 5.82 Å². The fraction of sp³-hybridized carbons (Fsp3) is 0.737. The van der Waals surface area contributed by atoms with Gasteiger partial charge in [-0.15, -0.1) is 0 Å². The zero-order valence-electron chi connectivity index (χ0n) is 15.7. The number of likely N-dealkylation sites (tertiary alicyclic amines) is 1. The van der Waals surface area contributed by atoms with Crippen LogP contribution in [-0.4, -0.2) is 78.2 Å². The van der Waals surface area contributed by atoms with E-state index in [1.165, 1.54) is 23.9 Å². The van der Waals surface area contributed by atoms with E-state index in [2.05, 4.69) is 20.2 Å². The molecule has 3 fully saturated rings. The molecular weight excluding hydrogens is 330 g/mol. The van der Waals surface area contributed by atoms with Crippen LogP contribution in [0.25, 0.3) is 0 Å². The quantitative estimate of drug-likeness (QED) is 0.859. The molecule has 1 aliphatic carbocycles. The second-order valence-corrected chi connectivity index (χ2v) is 8.04. The van der Waals surface area contributed by atoms with Crippen LogP contribution in [0, 0.1) is 11.8 Å². The fourth-order valence-corrected chi connectivity index (χ4v) is 4.32. The average molecular weight is 359 g/mol. The molecule has 3 aliphatic rings. The van der Waals surface area contributed by atoms with Gasteiger partial charge in [0.05, 0.1) is 12.4 Å². The van der Waals surface area contributed by atoms with Crippen LogP contribution < -0.4 is 5.32 Å². The molecule has 0 bridgehead atoms. The average Bonchev–Trinajstić information content (AvgIpc) is 3.42. The van der Waals surface area contributed by atoms with Gasteiger partial charge in [-0.1, -0.05) is 0 Å². The van der Waals surface area contributed by atoms with E-state index < -0.39 is 0 Å². The van der Waals surface area contributed by atoms with Crippen molar-refractivity contribution in [2.45, 2.75) is 37.8 Å². The molecule has 2 aliphatic heterocycles. The lowest BCUT2D eigenvalue weighted by Crippen LogP contribution is -2.39. The zero-order chi connectivity index (χ0) is 18.1. The molecule has 2 atom stereocenters. The summed E-state index contributed by atoms with van der Waals surface area (Å²) in [6.45, 7) is 3.97. The van der Waals surface area contributed by atoms with Crippen LogP contribution in [0.3, 0.4) is 0 Å². The molecular formula is C19H29N5O2. The van der Waals surface area contributed by atoms with Crippen molar-refractivity contribution in [3.63, 3.8) is 0 Å². The Labute approximate surface area is 155 Å². The van der Waals surface area contributed by atoms with Crippen molar-refractivity contribution < 1.29 is 9.53 Å². The van der Waals surface area contributed by atoms with E-state index in [-0.39, 0.29) is 5.91 Å². The molecule has 1 saturated carbocycles. The first-order valence-corrected chi connectivity index (χ1v) is 9.74. The fourth-order valence-electron chi connectivity index (χ4n) is 4.32. The van der Waals surface area contributed by atoms with E-state index in [0.29, 0.717) is 29.5 Å². The van der Waals surface area contributed by atoms with Crippen molar-refractivity contribution in [3.8, 4) is 0 Å². The molecule has 4 rings (SSSR count). The van der Waals surface area contributed by atoms with Gasteiger partial charge < -0.3 is 15.0 Å². The molecule has 1 N–H and O–H groups in total. The van der Waals surface area contributed by atoms with Crippen molar-refractivity contribution in [2.75, 3.05) is 45.7 Å². The number of amides is 1. The summed E-state index contributed by atoms with van der Waals surface area (Å²) in [4.78, 5) is 25.1. The summed E-state index contributed by atoms with van der Waals surface area (Å²) >= 11 is 0. The highest BCUT2D eigenvalue weighted by atomic mass is 16.5. The number of carbonyl (C=O) groups is 1. The molecule has 0 spiro atoms. The summed E-state index contributed by atoms with van der Waals surface area (Å²) in [6.07, 6.45) is 8.22. The molecule has 1 aromatic rings. The normalized spacial score (nSPS) is 27.5. The summed E-state index contributed by atoms with van der Waals surface area (Å²) in [5.74, 6) is 2.09. The number of aromatic nitrogens is 2. The smallest absolute Gasteiger partial charge is 0.273 e. The van der Waals surface area contributed by atoms with Crippen LogP contribution >= 0.6 is 0 Å². The Kier molecular flexibility index (Phi) is 5.09. The number of carbonyl (C=O) groups excluding carboxylic acids is 1. The van der Waals surface area contributed by atoms with Gasteiger partial charge in [-0.25, -0.2) is 4.98 Å². The van der Waals surface area contributed by atoms with Crippen molar-refractivity contribution in [2.24, 2.45) is 11.8 Å². The predicted octanol–water partition coefficient (Wildman–Crippen LogP) is 1.48. The van der Waals surface area contributed by atoms with E-state index in [9.17, 15) is 4.79 Å². The standard InChI is InChI=1S/C19H29N5O2/c1-23(2)19(25)16-9-20-10-18(21-16)22-17-12-24(11-15(17)13-3-4-13)14-5-7-26-8-6-14/h9-10,13-15,17H,3-8,11-12H2,1-2H3,(H,21,22)/t15-,17+/m0/s1. The number of nitrogens with one attached hydrogen (secondary N) is 1. The topological polar surface area (TPSA) is 70.6 Å². The van der Waals surface area contributed by atoms with Crippen LogP contribution in [0.15, 0.2) is 12.4 Å². The first-order valence-electron chi connectivity index (χ1n) is 9.74. The third-order valence-corrected chi connectivity index (χ3v) is 5.92. The zero-order valence-corrected chi connectivity index (χ0v) is 15.7. The Morgan fingerprint density at radius 1 is 1.19 bits per heavy atom. The lowest BCUT2D eigenvalue weighted by atomic mass is 9.98. The highest BCUT2D eigenvalue weighted by Gasteiger charge is 2.44. The number of ether oxygens (including phenoxy) is 1. The summed E-state index contributed by atoms with van der Waals surface area (Å²) in [7, 11) is 3.46. The molecule has 1 amide bonds. The van der Waals surface area contributed by atoms with Crippen molar-refractivity contribution in [1.29, 1.82) is 0 Å². The molecule has 2 saturated heterocycles. The minimum Gasteiger partial charge on any atom is -0.381 e. The number of hydrogen-bond acceptors (Lipinski definition) is 6. The van der Waals surface area contributed by atoms with Crippen molar-refractivity contribution in [3.05, 3.63) is 18.1 Å². The summed E-state index contributed by atoms with van der Waals surface area (Å²) in [5.41, 5.74) is 0.391. The monoisotopic (exact) mass is 359 g/mol. The van der Waals surface area contributed by atoms with Gasteiger partial charge in [0.25, 0.3) is 5.91 Å². The highest BCUT2D eigenvalue weighted by Crippen LogP contribution is 2.43. The van der Waals surface area contributed by atoms with E-state index in [1.54, 1.807) is 20.3 Å². The van der Waals surface area contributed by atoms with Gasteiger partial charge in [0.15, 0.2) is 0 Å². The Bertz CT molecular complexity index is 643. The van der Waals surface area contributed by atoms with E-state index in [0.717, 1.165) is 45.1 Å². The first kappa shape index (κ1) is 17.7. The second-order valence-electron chi connectivity index (χ2n) is 8.04. The number of nitrogens with zero attached hydrogens (tertiary/aromatic N) is 4. The largest absolute Gasteiger partial charge is 0.381 e. The van der Waals surface area contributed by atoms with Gasteiger partial charge in [0, 0.05) is 52.5 Å². The van der Waals surface area contributed by atoms with Gasteiger partial charge >= 0.3 is 0 Å². The maximum absolute atomic E-state index is 12.2. The van der Waals surface area contributed by atoms with Gasteiger partial charge in [-0.05, 0) is 37.5 Å². The van der Waals surface area contributed by atoms with Crippen molar-refractivity contribution in [1.82, 2.24) is 19.8 Å². The van der Waals surface area contributed by atoms with Gasteiger partial charge in [-0.3, -0.25) is 14.7 Å². The Morgan fingerprint density at radius 2 is 1.96 bits per heavy atom. The maximum atomic E-state index is 12.2. The van der Waals surface area contributed by atoms with Gasteiger partial charge in [0.1, 0.15) is 11.5 Å². The minimum atomic E-state index is -0.116. The second kappa shape index (κ2) is 7.48. The lowest BCUT2D eigenvalue weighted by molar-refractivity contribution is 0.0407. The molecule has 7 heteroatoms. The lowest BCUT2D eigenvalue weighted by Gasteiger charge is -2.31. The summed E-state index contributed by atoms with van der Waals surface area (Å²) < 4.78 is 5.53. The maximum Gasteiger partial charge on any atom is 0.273 e.